The van der Waals surface area contributed by atoms with E-state index >= 15 is 0 Å². The van der Waals surface area contributed by atoms with E-state index in [1.165, 1.54) is 9.58 Å². The summed E-state index contributed by atoms with van der Waals surface area (Å²) < 4.78 is 1.39. The van der Waals surface area contributed by atoms with Crippen molar-refractivity contribution in [3.63, 3.8) is 0 Å². The third-order valence-corrected chi connectivity index (χ3v) is 5.79. The average molecular weight is 439 g/mol. The Bertz CT molecular complexity index is 1140. The molecule has 0 aliphatic heterocycles. The second kappa shape index (κ2) is 10.3. The van der Waals surface area contributed by atoms with Gasteiger partial charge in [0.1, 0.15) is 0 Å². The van der Waals surface area contributed by atoms with E-state index in [0.717, 1.165) is 35.9 Å². The zero-order valence-corrected chi connectivity index (χ0v) is 18.7. The molecule has 0 unspecified atom stereocenters. The van der Waals surface area contributed by atoms with Crippen molar-refractivity contribution in [3.05, 3.63) is 64.6 Å². The van der Waals surface area contributed by atoms with Gasteiger partial charge in [-0.1, -0.05) is 38.0 Å². The van der Waals surface area contributed by atoms with Gasteiger partial charge in [0, 0.05) is 36.6 Å². The summed E-state index contributed by atoms with van der Waals surface area (Å²) in [5.74, 6) is -0.384. The Balaban J connectivity index is 1.85. The Hall–Kier alpha value is -3.13. The van der Waals surface area contributed by atoms with E-state index in [2.05, 4.69) is 17.3 Å². The number of nitrogens with one attached hydrogen (secondary N) is 1. The lowest BCUT2D eigenvalue weighted by molar-refractivity contribution is 0.102. The molecule has 7 nitrogen and oxygen atoms in total. The number of aryl methyl sites for hydroxylation is 1. The number of hydrogen-bond acceptors (Lipinski definition) is 5. The predicted molar refractivity (Wildman–Crippen MR) is 125 cm³/mol. The molecule has 2 aromatic carbocycles. The first-order chi connectivity index (χ1) is 14.9. The van der Waals surface area contributed by atoms with E-state index in [-0.39, 0.29) is 22.4 Å². The second-order valence-corrected chi connectivity index (χ2v) is 8.40. The van der Waals surface area contributed by atoms with Crippen LogP contribution in [0.2, 0.25) is 0 Å². The molecule has 1 N–H and O–H groups in total. The maximum absolute atomic E-state index is 13.0. The minimum absolute atomic E-state index is 0.0715. The summed E-state index contributed by atoms with van der Waals surface area (Å²) in [7, 11) is 3.39. The van der Waals surface area contributed by atoms with Crippen LogP contribution >= 0.6 is 11.8 Å². The number of carbonyl (C=O) groups excluding carboxylic acids is 2. The fourth-order valence-corrected chi connectivity index (χ4v) is 3.71. The van der Waals surface area contributed by atoms with Crippen LogP contribution in [0.1, 0.15) is 36.7 Å². The molecule has 2 amide bonds. The largest absolute Gasteiger partial charge is 0.339 e. The van der Waals surface area contributed by atoms with Gasteiger partial charge in [0.25, 0.3) is 16.7 Å². The molecule has 0 saturated heterocycles. The van der Waals surface area contributed by atoms with E-state index in [0.29, 0.717) is 23.0 Å². The number of nitrogens with zero attached hydrogens (tertiary/aromatic N) is 3. The molecular weight excluding hydrogens is 412 g/mol. The minimum Gasteiger partial charge on any atom is -0.339 e. The van der Waals surface area contributed by atoms with E-state index < -0.39 is 0 Å². The van der Waals surface area contributed by atoms with Gasteiger partial charge in [-0.2, -0.15) is 5.10 Å². The second-order valence-electron chi connectivity index (χ2n) is 7.37. The Kier molecular flexibility index (Phi) is 7.46. The van der Waals surface area contributed by atoms with E-state index in [1.807, 2.05) is 0 Å². The molecule has 162 valence electrons. The molecule has 8 heteroatoms. The Morgan fingerprint density at radius 3 is 2.35 bits per heavy atom. The highest BCUT2D eigenvalue weighted by Crippen LogP contribution is 2.23. The number of amides is 2. The molecule has 0 aliphatic rings. The standard InChI is InChI=1S/C23H26N4O3S/c1-4-5-8-15-27-22(29)19-10-7-6-9-18(19)20(25-27)21(28)24-16-11-13-17(14-12-16)31-23(30)26(2)3/h6-7,9-14H,4-5,8,15H2,1-3H3,(H,24,28). The molecule has 0 saturated carbocycles. The number of anilines is 1. The zero-order chi connectivity index (χ0) is 22.4. The highest BCUT2D eigenvalue weighted by atomic mass is 32.2. The van der Waals surface area contributed by atoms with Crippen LogP contribution in [0.25, 0.3) is 10.8 Å². The van der Waals surface area contributed by atoms with Crippen molar-refractivity contribution in [3.8, 4) is 0 Å². The summed E-state index contributed by atoms with van der Waals surface area (Å²) in [6.07, 6.45) is 2.85. The minimum atomic E-state index is -0.384. The van der Waals surface area contributed by atoms with E-state index in [4.69, 9.17) is 0 Å². The SMILES string of the molecule is CCCCCn1nc(C(=O)Nc2ccc(SC(=O)N(C)C)cc2)c2ccccc2c1=O. The van der Waals surface area contributed by atoms with Gasteiger partial charge in [-0.05, 0) is 48.5 Å². The van der Waals surface area contributed by atoms with Crippen LogP contribution in [0, 0.1) is 0 Å². The van der Waals surface area contributed by atoms with E-state index in [1.54, 1.807) is 62.6 Å². The van der Waals surface area contributed by atoms with Crippen molar-refractivity contribution in [2.24, 2.45) is 0 Å². The number of fused-ring (bicyclic) bond motifs is 1. The quantitative estimate of drug-likeness (QED) is 0.430. The normalized spacial score (nSPS) is 10.8. The third kappa shape index (κ3) is 5.52. The fraction of sp³-hybridized carbons (Fsp3) is 0.304. The smallest absolute Gasteiger partial charge is 0.285 e. The number of aromatic nitrogens is 2. The highest BCUT2D eigenvalue weighted by Gasteiger charge is 2.17. The van der Waals surface area contributed by atoms with Crippen LogP contribution < -0.4 is 10.9 Å². The molecule has 0 atom stereocenters. The maximum atomic E-state index is 13.0. The molecule has 31 heavy (non-hydrogen) atoms. The van der Waals surface area contributed by atoms with Gasteiger partial charge in [-0.25, -0.2) is 4.68 Å². The van der Waals surface area contributed by atoms with Crippen LogP contribution in [-0.4, -0.2) is 39.9 Å². The molecule has 3 rings (SSSR count). The lowest BCUT2D eigenvalue weighted by atomic mass is 10.1. The summed E-state index contributed by atoms with van der Waals surface area (Å²) in [5.41, 5.74) is 0.615. The Labute approximate surface area is 185 Å². The molecule has 1 heterocycles. The van der Waals surface area contributed by atoms with Gasteiger partial charge in [-0.3, -0.25) is 14.4 Å². The number of rotatable bonds is 7. The number of thioether (sulfide) groups is 1. The predicted octanol–water partition coefficient (Wildman–Crippen LogP) is 4.61. The first-order valence-corrected chi connectivity index (χ1v) is 11.0. The summed E-state index contributed by atoms with van der Waals surface area (Å²) in [5, 5.41) is 8.17. The summed E-state index contributed by atoms with van der Waals surface area (Å²) in [4.78, 5) is 39.9. The molecule has 0 aliphatic carbocycles. The molecule has 0 bridgehead atoms. The lowest BCUT2D eigenvalue weighted by Crippen LogP contribution is -2.27. The molecule has 0 radical (unpaired) electrons. The summed E-state index contributed by atoms with van der Waals surface area (Å²) in [6, 6.07) is 14.1. The van der Waals surface area contributed by atoms with Crippen molar-refractivity contribution >= 4 is 39.4 Å². The zero-order valence-electron chi connectivity index (χ0n) is 17.9. The first-order valence-electron chi connectivity index (χ1n) is 10.2. The number of benzene rings is 2. The molecule has 0 spiro atoms. The maximum Gasteiger partial charge on any atom is 0.285 e. The van der Waals surface area contributed by atoms with Gasteiger partial charge < -0.3 is 10.2 Å². The monoisotopic (exact) mass is 438 g/mol. The Morgan fingerprint density at radius 2 is 1.71 bits per heavy atom. The van der Waals surface area contributed by atoms with Crippen LogP contribution in [0.5, 0.6) is 0 Å². The summed E-state index contributed by atoms with van der Waals surface area (Å²) in [6.45, 7) is 2.57. The van der Waals surface area contributed by atoms with Crippen molar-refractivity contribution in [1.29, 1.82) is 0 Å². The summed E-state index contributed by atoms with van der Waals surface area (Å²) >= 11 is 1.11. The van der Waals surface area contributed by atoms with Crippen molar-refractivity contribution in [1.82, 2.24) is 14.7 Å². The van der Waals surface area contributed by atoms with Gasteiger partial charge in [0.15, 0.2) is 5.69 Å². The Morgan fingerprint density at radius 1 is 1.03 bits per heavy atom. The van der Waals surface area contributed by atoms with Gasteiger partial charge in [-0.15, -0.1) is 0 Å². The molecule has 0 fully saturated rings. The first kappa shape index (κ1) is 22.6. The van der Waals surface area contributed by atoms with Crippen molar-refractivity contribution in [2.75, 3.05) is 19.4 Å². The van der Waals surface area contributed by atoms with Crippen LogP contribution in [0.4, 0.5) is 10.5 Å². The van der Waals surface area contributed by atoms with E-state index in [9.17, 15) is 14.4 Å². The van der Waals surface area contributed by atoms with Crippen LogP contribution in [0.15, 0.2) is 58.2 Å². The number of carbonyl (C=O) groups is 2. The van der Waals surface area contributed by atoms with Gasteiger partial charge >= 0.3 is 0 Å². The van der Waals surface area contributed by atoms with Crippen molar-refractivity contribution in [2.45, 2.75) is 37.6 Å². The fourth-order valence-electron chi connectivity index (χ4n) is 3.05. The highest BCUT2D eigenvalue weighted by molar-refractivity contribution is 8.13. The van der Waals surface area contributed by atoms with Crippen LogP contribution in [0.3, 0.4) is 0 Å². The number of unbranched alkanes of at least 4 members (excludes halogenated alkanes) is 2. The average Bonchev–Trinajstić information content (AvgIpc) is 2.76. The van der Waals surface area contributed by atoms with Crippen molar-refractivity contribution < 1.29 is 9.59 Å². The third-order valence-electron chi connectivity index (χ3n) is 4.74. The van der Waals surface area contributed by atoms with Crippen LogP contribution in [-0.2, 0) is 6.54 Å². The molecule has 3 aromatic rings. The molecular formula is C23H26N4O3S. The van der Waals surface area contributed by atoms with Gasteiger partial charge in [0.05, 0.1) is 5.39 Å². The number of hydrogen-bond donors (Lipinski definition) is 1. The topological polar surface area (TPSA) is 84.3 Å². The van der Waals surface area contributed by atoms with Gasteiger partial charge in [0.2, 0.25) is 0 Å². The molecule has 1 aromatic heterocycles. The lowest BCUT2D eigenvalue weighted by Gasteiger charge is -2.12.